The lowest BCUT2D eigenvalue weighted by Gasteiger charge is -2.12. The smallest absolute Gasteiger partial charge is 0.343 e. The molecule has 0 amide bonds. The number of carboxylic acids is 2. The Morgan fingerprint density at radius 3 is 1.48 bits per heavy atom. The predicted molar refractivity (Wildman–Crippen MR) is 91.5 cm³/mol. The molecule has 0 bridgehead atoms. The monoisotopic (exact) mass is 382 g/mol. The first-order valence-corrected chi connectivity index (χ1v) is 7.17. The molecule has 0 aliphatic carbocycles. The van der Waals surface area contributed by atoms with Crippen LogP contribution in [0.4, 0.5) is 0 Å². The van der Waals surface area contributed by atoms with Crippen molar-refractivity contribution in [3.63, 3.8) is 0 Å². The van der Waals surface area contributed by atoms with Gasteiger partial charge in [-0.3, -0.25) is 0 Å². The molecule has 0 radical (unpaired) electrons. The van der Waals surface area contributed by atoms with Gasteiger partial charge < -0.3 is 39.7 Å². The Morgan fingerprint density at radius 1 is 0.741 bits per heavy atom. The summed E-state index contributed by atoms with van der Waals surface area (Å²) in [5.74, 6) is -3.19. The number of methoxy groups -OCH3 is 3. The highest BCUT2D eigenvalue weighted by Gasteiger charge is 2.16. The van der Waals surface area contributed by atoms with Crippen LogP contribution in [0.5, 0.6) is 34.5 Å². The van der Waals surface area contributed by atoms with Crippen LogP contribution in [0, 0.1) is 0 Å². The second kappa shape index (κ2) is 9.04. The molecule has 2 rings (SSSR count). The van der Waals surface area contributed by atoms with E-state index in [0.717, 1.165) is 12.1 Å². The summed E-state index contributed by atoms with van der Waals surface area (Å²) in [5.41, 5.74) is -0.530. The molecule has 27 heavy (non-hydrogen) atoms. The molecule has 0 aromatic heterocycles. The minimum Gasteiger partial charge on any atom is -0.508 e. The van der Waals surface area contributed by atoms with E-state index in [1.165, 1.54) is 33.5 Å². The van der Waals surface area contributed by atoms with E-state index in [-0.39, 0.29) is 5.56 Å². The fourth-order valence-electron chi connectivity index (χ4n) is 2.02. The van der Waals surface area contributed by atoms with Crippen LogP contribution in [0.15, 0.2) is 24.3 Å². The minimum absolute atomic E-state index is 0.0875. The zero-order chi connectivity index (χ0) is 20.7. The highest BCUT2D eigenvalue weighted by atomic mass is 16.5. The maximum Gasteiger partial charge on any atom is 0.343 e. The molecule has 0 aliphatic rings. The lowest BCUT2D eigenvalue weighted by Crippen LogP contribution is -2.01. The molecule has 2 aromatic carbocycles. The molecule has 0 heterocycles. The van der Waals surface area contributed by atoms with Crippen LogP contribution in [0.1, 0.15) is 20.7 Å². The summed E-state index contributed by atoms with van der Waals surface area (Å²) in [6.07, 6.45) is 0. The summed E-state index contributed by atoms with van der Waals surface area (Å²) in [7, 11) is 4.33. The highest BCUT2D eigenvalue weighted by Crippen LogP contribution is 2.38. The summed E-state index contributed by atoms with van der Waals surface area (Å²) in [5, 5.41) is 43.9. The first-order chi connectivity index (χ1) is 12.7. The van der Waals surface area contributed by atoms with Crippen molar-refractivity contribution < 1.29 is 49.3 Å². The third-order valence-corrected chi connectivity index (χ3v) is 3.21. The van der Waals surface area contributed by atoms with Gasteiger partial charge in [0.15, 0.2) is 11.5 Å². The molecule has 0 unspecified atom stereocenters. The number of carbonyl (C=O) groups is 2. The molecule has 0 aliphatic heterocycles. The van der Waals surface area contributed by atoms with Gasteiger partial charge in [-0.05, 0) is 12.1 Å². The molecule has 5 N–H and O–H groups in total. The lowest BCUT2D eigenvalue weighted by molar-refractivity contribution is 0.0681. The third kappa shape index (κ3) is 5.08. The van der Waals surface area contributed by atoms with Gasteiger partial charge in [0.1, 0.15) is 22.8 Å². The number of benzene rings is 2. The Bertz CT molecular complexity index is 796. The normalized spacial score (nSPS) is 9.59. The largest absolute Gasteiger partial charge is 0.508 e. The van der Waals surface area contributed by atoms with Crippen molar-refractivity contribution in [1.29, 1.82) is 0 Å². The number of carboxylic acid groups (broad SMARTS) is 2. The summed E-state index contributed by atoms with van der Waals surface area (Å²) in [4.78, 5) is 21.1. The van der Waals surface area contributed by atoms with Crippen molar-refractivity contribution >= 4 is 11.9 Å². The Hall–Kier alpha value is -3.82. The predicted octanol–water partition coefficient (Wildman–Crippen LogP) is 1.91. The number of phenolic OH excluding ortho intramolecular Hbond substituents is 1. The van der Waals surface area contributed by atoms with Crippen molar-refractivity contribution in [2.75, 3.05) is 21.3 Å². The summed E-state index contributed by atoms with van der Waals surface area (Å²) in [6, 6.07) is 4.43. The van der Waals surface area contributed by atoms with E-state index in [9.17, 15) is 9.59 Å². The summed E-state index contributed by atoms with van der Waals surface area (Å²) in [6.45, 7) is 0. The molecule has 146 valence electrons. The van der Waals surface area contributed by atoms with Gasteiger partial charge in [0.25, 0.3) is 0 Å². The second-order valence-corrected chi connectivity index (χ2v) is 4.88. The van der Waals surface area contributed by atoms with Crippen LogP contribution in [-0.4, -0.2) is 58.8 Å². The van der Waals surface area contributed by atoms with Crippen molar-refractivity contribution in [2.45, 2.75) is 0 Å². The zero-order valence-corrected chi connectivity index (χ0v) is 14.6. The quantitative estimate of drug-likeness (QED) is 0.516. The maximum atomic E-state index is 10.8. The van der Waals surface area contributed by atoms with Crippen LogP contribution in [0.25, 0.3) is 0 Å². The lowest BCUT2D eigenvalue weighted by atomic mass is 10.1. The number of phenols is 3. The van der Waals surface area contributed by atoms with Gasteiger partial charge in [-0.1, -0.05) is 0 Å². The van der Waals surface area contributed by atoms with Crippen molar-refractivity contribution in [1.82, 2.24) is 0 Å². The van der Waals surface area contributed by atoms with Crippen molar-refractivity contribution in [2.24, 2.45) is 0 Å². The van der Waals surface area contributed by atoms with Crippen LogP contribution >= 0.6 is 0 Å². The minimum atomic E-state index is -1.45. The molecule has 10 heteroatoms. The molecule has 10 nitrogen and oxygen atoms in total. The van der Waals surface area contributed by atoms with Gasteiger partial charge in [0.2, 0.25) is 5.75 Å². The van der Waals surface area contributed by atoms with Gasteiger partial charge in [-0.2, -0.15) is 0 Å². The fraction of sp³-hybridized carbons (Fsp3) is 0.176. The van der Waals surface area contributed by atoms with E-state index in [1.54, 1.807) is 0 Å². The Labute approximate surface area is 153 Å². The molecule has 0 saturated heterocycles. The zero-order valence-electron chi connectivity index (χ0n) is 14.6. The highest BCUT2D eigenvalue weighted by molar-refractivity contribution is 5.94. The van der Waals surface area contributed by atoms with E-state index in [1.807, 2.05) is 0 Å². The van der Waals surface area contributed by atoms with E-state index in [4.69, 9.17) is 39.7 Å². The summed E-state index contributed by atoms with van der Waals surface area (Å²) >= 11 is 0. The molecule has 2 aromatic rings. The molecular formula is C17H18O10. The SMILES string of the molecule is COc1cc(C(=O)O)cc(OC)c1OC.O=C(O)c1c(O)cc(O)cc1O. The molecule has 0 spiro atoms. The van der Waals surface area contributed by atoms with Crippen LogP contribution in [-0.2, 0) is 0 Å². The Kier molecular flexibility index (Phi) is 7.10. The fourth-order valence-corrected chi connectivity index (χ4v) is 2.02. The average molecular weight is 382 g/mol. The molecule has 0 atom stereocenters. The van der Waals surface area contributed by atoms with Gasteiger partial charge >= 0.3 is 11.9 Å². The maximum absolute atomic E-state index is 10.8. The first kappa shape index (κ1) is 21.2. The third-order valence-electron chi connectivity index (χ3n) is 3.21. The number of hydrogen-bond donors (Lipinski definition) is 5. The van der Waals surface area contributed by atoms with E-state index in [2.05, 4.69) is 0 Å². The van der Waals surface area contributed by atoms with E-state index < -0.39 is 34.8 Å². The molecular weight excluding hydrogens is 364 g/mol. The van der Waals surface area contributed by atoms with Crippen molar-refractivity contribution in [3.05, 3.63) is 35.4 Å². The Morgan fingerprint density at radius 2 is 1.19 bits per heavy atom. The number of rotatable bonds is 5. The summed E-state index contributed by atoms with van der Waals surface area (Å²) < 4.78 is 15.1. The number of ether oxygens (including phenoxy) is 3. The van der Waals surface area contributed by atoms with E-state index in [0.29, 0.717) is 17.2 Å². The average Bonchev–Trinajstić information content (AvgIpc) is 2.59. The Balaban J connectivity index is 0.000000277. The first-order valence-electron chi connectivity index (χ1n) is 7.17. The van der Waals surface area contributed by atoms with Gasteiger partial charge in [-0.15, -0.1) is 0 Å². The van der Waals surface area contributed by atoms with Gasteiger partial charge in [0, 0.05) is 12.1 Å². The van der Waals surface area contributed by atoms with E-state index >= 15 is 0 Å². The topological polar surface area (TPSA) is 163 Å². The number of hydrogen-bond acceptors (Lipinski definition) is 8. The number of aromatic carboxylic acids is 2. The molecule has 0 saturated carbocycles. The van der Waals surface area contributed by atoms with Gasteiger partial charge in [0.05, 0.1) is 26.9 Å². The van der Waals surface area contributed by atoms with Crippen LogP contribution < -0.4 is 14.2 Å². The van der Waals surface area contributed by atoms with Crippen LogP contribution in [0.2, 0.25) is 0 Å². The number of aromatic hydroxyl groups is 3. The van der Waals surface area contributed by atoms with Crippen molar-refractivity contribution in [3.8, 4) is 34.5 Å². The second-order valence-electron chi connectivity index (χ2n) is 4.88. The molecule has 0 fully saturated rings. The standard InChI is InChI=1S/C10H12O5.C7H6O5/c1-13-7-4-6(10(11)12)5-8(14-2)9(7)15-3;8-3-1-4(9)6(7(11)12)5(10)2-3/h4-5H,1-3H3,(H,11,12);1-2,8-10H,(H,11,12). The van der Waals surface area contributed by atoms with Gasteiger partial charge in [-0.25, -0.2) is 9.59 Å². The van der Waals surface area contributed by atoms with Crippen LogP contribution in [0.3, 0.4) is 0 Å².